The zero-order valence-electron chi connectivity index (χ0n) is 13.3. The first-order chi connectivity index (χ1) is 9.26. The number of rotatable bonds is 10. The Bertz CT molecular complexity index is 209. The van der Waals surface area contributed by atoms with E-state index in [0.29, 0.717) is 12.1 Å². The third kappa shape index (κ3) is 7.91. The van der Waals surface area contributed by atoms with Gasteiger partial charge in [-0.3, -0.25) is 4.90 Å². The number of unbranched alkanes of at least 4 members (excludes halogenated alkanes) is 2. The van der Waals surface area contributed by atoms with Crippen LogP contribution in [0.4, 0.5) is 0 Å². The van der Waals surface area contributed by atoms with Gasteiger partial charge in [0.15, 0.2) is 0 Å². The fraction of sp³-hybridized carbons (Fsp3) is 1.00. The van der Waals surface area contributed by atoms with Gasteiger partial charge in [-0.2, -0.15) is 0 Å². The summed E-state index contributed by atoms with van der Waals surface area (Å²) in [6.07, 6.45) is 8.16. The summed E-state index contributed by atoms with van der Waals surface area (Å²) in [5, 5.41) is 3.56. The molecule has 2 unspecified atom stereocenters. The lowest BCUT2D eigenvalue weighted by molar-refractivity contribution is -0.0328. The van der Waals surface area contributed by atoms with Crippen molar-refractivity contribution in [3.8, 4) is 0 Å². The van der Waals surface area contributed by atoms with Crippen molar-refractivity contribution in [3.05, 3.63) is 0 Å². The predicted molar refractivity (Wildman–Crippen MR) is 82.7 cm³/mol. The quantitative estimate of drug-likeness (QED) is 0.618. The van der Waals surface area contributed by atoms with Gasteiger partial charge in [0, 0.05) is 19.1 Å². The predicted octanol–water partition coefficient (Wildman–Crippen LogP) is 3.05. The molecule has 0 spiro atoms. The van der Waals surface area contributed by atoms with Crippen LogP contribution in [0.3, 0.4) is 0 Å². The van der Waals surface area contributed by atoms with Gasteiger partial charge in [-0.05, 0) is 45.7 Å². The van der Waals surface area contributed by atoms with E-state index in [-0.39, 0.29) is 0 Å². The Morgan fingerprint density at radius 3 is 2.84 bits per heavy atom. The summed E-state index contributed by atoms with van der Waals surface area (Å²) in [5.41, 5.74) is 0. The average molecular weight is 270 g/mol. The van der Waals surface area contributed by atoms with Crippen molar-refractivity contribution in [1.29, 1.82) is 0 Å². The van der Waals surface area contributed by atoms with Gasteiger partial charge in [0.2, 0.25) is 0 Å². The summed E-state index contributed by atoms with van der Waals surface area (Å²) in [6.45, 7) is 12.4. The Labute approximate surface area is 120 Å². The van der Waals surface area contributed by atoms with Gasteiger partial charge in [-0.15, -0.1) is 0 Å². The third-order valence-corrected chi connectivity index (χ3v) is 4.07. The number of nitrogens with one attached hydrogen (secondary N) is 1. The summed E-state index contributed by atoms with van der Waals surface area (Å²) in [7, 11) is 0. The van der Waals surface area contributed by atoms with E-state index in [0.717, 1.165) is 19.7 Å². The van der Waals surface area contributed by atoms with Crippen molar-refractivity contribution in [2.45, 2.75) is 71.4 Å². The minimum Gasteiger partial charge on any atom is -0.376 e. The molecule has 1 aliphatic heterocycles. The number of hydrogen-bond acceptors (Lipinski definition) is 3. The van der Waals surface area contributed by atoms with Gasteiger partial charge in [0.25, 0.3) is 0 Å². The van der Waals surface area contributed by atoms with Crippen molar-refractivity contribution >= 4 is 0 Å². The van der Waals surface area contributed by atoms with E-state index >= 15 is 0 Å². The van der Waals surface area contributed by atoms with Crippen LogP contribution in [-0.4, -0.2) is 49.8 Å². The molecule has 2 atom stereocenters. The monoisotopic (exact) mass is 270 g/mol. The smallest absolute Gasteiger partial charge is 0.0702 e. The van der Waals surface area contributed by atoms with Crippen molar-refractivity contribution in [1.82, 2.24) is 10.2 Å². The van der Waals surface area contributed by atoms with Gasteiger partial charge in [0.1, 0.15) is 0 Å². The zero-order valence-corrected chi connectivity index (χ0v) is 13.3. The van der Waals surface area contributed by atoms with Gasteiger partial charge >= 0.3 is 0 Å². The van der Waals surface area contributed by atoms with Crippen LogP contribution in [0.5, 0.6) is 0 Å². The molecule has 1 rings (SSSR count). The molecule has 0 radical (unpaired) electrons. The molecule has 1 aliphatic rings. The molecular formula is C16H34N2O. The molecular weight excluding hydrogens is 236 g/mol. The molecule has 19 heavy (non-hydrogen) atoms. The number of nitrogens with zero attached hydrogens (tertiary/aromatic N) is 1. The number of ether oxygens (including phenoxy) is 1. The molecule has 0 bridgehead atoms. The van der Waals surface area contributed by atoms with Crippen molar-refractivity contribution in [2.75, 3.05) is 32.8 Å². The second-order valence-electron chi connectivity index (χ2n) is 5.91. The zero-order chi connectivity index (χ0) is 13.9. The van der Waals surface area contributed by atoms with Crippen LogP contribution in [0.2, 0.25) is 0 Å². The Kier molecular flexibility index (Phi) is 9.48. The summed E-state index contributed by atoms with van der Waals surface area (Å²) >= 11 is 0. The van der Waals surface area contributed by atoms with E-state index < -0.39 is 0 Å². The van der Waals surface area contributed by atoms with Gasteiger partial charge in [0.05, 0.1) is 12.7 Å². The highest BCUT2D eigenvalue weighted by Gasteiger charge is 2.18. The van der Waals surface area contributed by atoms with E-state index in [2.05, 4.69) is 31.0 Å². The summed E-state index contributed by atoms with van der Waals surface area (Å²) in [4.78, 5) is 2.55. The molecule has 0 aromatic heterocycles. The summed E-state index contributed by atoms with van der Waals surface area (Å²) in [6, 6.07) is 0.671. The van der Waals surface area contributed by atoms with E-state index in [4.69, 9.17) is 4.74 Å². The largest absolute Gasteiger partial charge is 0.376 e. The SMILES string of the molecule is CCCN1CCOC(CCCCCNC(C)CC)C1. The lowest BCUT2D eigenvalue weighted by Crippen LogP contribution is -2.42. The topological polar surface area (TPSA) is 24.5 Å². The lowest BCUT2D eigenvalue weighted by Gasteiger charge is -2.32. The van der Waals surface area contributed by atoms with Crippen molar-refractivity contribution < 1.29 is 4.74 Å². The molecule has 0 aromatic rings. The maximum Gasteiger partial charge on any atom is 0.0702 e. The summed E-state index contributed by atoms with van der Waals surface area (Å²) in [5.74, 6) is 0. The van der Waals surface area contributed by atoms with Crippen LogP contribution in [0.25, 0.3) is 0 Å². The van der Waals surface area contributed by atoms with Gasteiger partial charge in [-0.1, -0.05) is 26.7 Å². The van der Waals surface area contributed by atoms with E-state index in [1.165, 1.54) is 51.6 Å². The standard InChI is InChI=1S/C16H34N2O/c1-4-11-18-12-13-19-16(14-18)9-7-6-8-10-17-15(3)5-2/h15-17H,4-14H2,1-3H3. The molecule has 3 heteroatoms. The van der Waals surface area contributed by atoms with Gasteiger partial charge < -0.3 is 10.1 Å². The first kappa shape index (κ1) is 16.9. The molecule has 0 amide bonds. The Balaban J connectivity index is 1.97. The maximum absolute atomic E-state index is 5.86. The second kappa shape index (κ2) is 10.6. The molecule has 1 fully saturated rings. The van der Waals surface area contributed by atoms with E-state index in [1.54, 1.807) is 0 Å². The highest BCUT2D eigenvalue weighted by Crippen LogP contribution is 2.12. The maximum atomic E-state index is 5.86. The number of hydrogen-bond donors (Lipinski definition) is 1. The molecule has 0 aromatic carbocycles. The second-order valence-corrected chi connectivity index (χ2v) is 5.91. The fourth-order valence-corrected chi connectivity index (χ4v) is 2.64. The fourth-order valence-electron chi connectivity index (χ4n) is 2.64. The minimum absolute atomic E-state index is 0.489. The molecule has 114 valence electrons. The lowest BCUT2D eigenvalue weighted by atomic mass is 10.1. The molecule has 0 saturated carbocycles. The molecule has 3 nitrogen and oxygen atoms in total. The van der Waals surface area contributed by atoms with Crippen LogP contribution in [0, 0.1) is 0 Å². The van der Waals surface area contributed by atoms with E-state index in [9.17, 15) is 0 Å². The van der Waals surface area contributed by atoms with Crippen LogP contribution in [0.1, 0.15) is 59.3 Å². The normalized spacial score (nSPS) is 22.6. The highest BCUT2D eigenvalue weighted by molar-refractivity contribution is 4.71. The Morgan fingerprint density at radius 1 is 1.26 bits per heavy atom. The Morgan fingerprint density at radius 2 is 2.11 bits per heavy atom. The third-order valence-electron chi connectivity index (χ3n) is 4.07. The Hall–Kier alpha value is -0.120. The molecule has 1 heterocycles. The first-order valence-electron chi connectivity index (χ1n) is 8.33. The molecule has 1 N–H and O–H groups in total. The van der Waals surface area contributed by atoms with Crippen LogP contribution < -0.4 is 5.32 Å². The highest BCUT2D eigenvalue weighted by atomic mass is 16.5. The average Bonchev–Trinajstić information content (AvgIpc) is 2.43. The first-order valence-corrected chi connectivity index (χ1v) is 8.33. The summed E-state index contributed by atoms with van der Waals surface area (Å²) < 4.78 is 5.86. The van der Waals surface area contributed by atoms with Crippen molar-refractivity contribution in [2.24, 2.45) is 0 Å². The van der Waals surface area contributed by atoms with E-state index in [1.807, 2.05) is 0 Å². The molecule has 0 aliphatic carbocycles. The molecule has 1 saturated heterocycles. The van der Waals surface area contributed by atoms with Crippen LogP contribution >= 0.6 is 0 Å². The minimum atomic E-state index is 0.489. The van der Waals surface area contributed by atoms with Crippen LogP contribution in [-0.2, 0) is 4.74 Å². The van der Waals surface area contributed by atoms with Gasteiger partial charge in [-0.25, -0.2) is 0 Å². The van der Waals surface area contributed by atoms with Crippen molar-refractivity contribution in [3.63, 3.8) is 0 Å². The number of morpholine rings is 1. The van der Waals surface area contributed by atoms with Crippen LogP contribution in [0.15, 0.2) is 0 Å².